The van der Waals surface area contributed by atoms with Gasteiger partial charge in [-0.05, 0) is 37.1 Å². The number of hydrogen-bond acceptors (Lipinski definition) is 5. The van der Waals surface area contributed by atoms with Gasteiger partial charge in [-0.3, -0.25) is 9.59 Å². The number of carbonyl (C=O) groups is 2. The van der Waals surface area contributed by atoms with Gasteiger partial charge in [0.2, 0.25) is 0 Å². The number of rotatable bonds is 6. The number of carbonyl (C=O) groups excluding carboxylic acids is 2. The van der Waals surface area contributed by atoms with E-state index in [1.54, 1.807) is 18.2 Å². The lowest BCUT2D eigenvalue weighted by Crippen LogP contribution is -2.32. The van der Waals surface area contributed by atoms with Gasteiger partial charge in [0.05, 0.1) is 19.8 Å². The van der Waals surface area contributed by atoms with E-state index in [4.69, 9.17) is 15.3 Å². The summed E-state index contributed by atoms with van der Waals surface area (Å²) in [4.78, 5) is 20.6. The highest BCUT2D eigenvalue weighted by Gasteiger charge is 2.24. The van der Waals surface area contributed by atoms with E-state index in [0.29, 0.717) is 17.5 Å². The lowest BCUT2D eigenvalue weighted by molar-refractivity contribution is 0.00304. The normalized spacial score (nSPS) is 10.4. The van der Waals surface area contributed by atoms with Crippen LogP contribution < -0.4 is 0 Å². The Morgan fingerprint density at radius 2 is 1.35 bits per heavy atom. The van der Waals surface area contributed by atoms with Crippen molar-refractivity contribution in [3.63, 3.8) is 0 Å². The van der Waals surface area contributed by atoms with E-state index < -0.39 is 5.41 Å². The third kappa shape index (κ3) is 5.61. The zero-order chi connectivity index (χ0) is 15.6. The van der Waals surface area contributed by atoms with Crippen LogP contribution in [0.4, 0.5) is 0 Å². The van der Waals surface area contributed by atoms with E-state index in [9.17, 15) is 9.59 Å². The highest BCUT2D eigenvalue weighted by molar-refractivity contribution is 5.82. The highest BCUT2D eigenvalue weighted by atomic mass is 16.3. The quantitative estimate of drug-likeness (QED) is 0.676. The predicted molar refractivity (Wildman–Crippen MR) is 75.9 cm³/mol. The first-order chi connectivity index (χ1) is 9.50. The van der Waals surface area contributed by atoms with E-state index >= 15 is 0 Å². The van der Waals surface area contributed by atoms with Crippen molar-refractivity contribution < 1.29 is 24.9 Å². The van der Waals surface area contributed by atoms with Crippen LogP contribution in [-0.2, 0) is 0 Å². The van der Waals surface area contributed by atoms with Crippen molar-refractivity contribution in [3.05, 3.63) is 34.9 Å². The third-order valence-electron chi connectivity index (χ3n) is 3.15. The fourth-order valence-electron chi connectivity index (χ4n) is 1.46. The fraction of sp³-hybridized carbons (Fsp3) is 0.467. The van der Waals surface area contributed by atoms with Gasteiger partial charge in [0, 0.05) is 16.5 Å². The molecule has 0 aliphatic carbocycles. The van der Waals surface area contributed by atoms with Crippen molar-refractivity contribution in [1.82, 2.24) is 0 Å². The van der Waals surface area contributed by atoms with E-state index in [0.717, 1.165) is 18.1 Å². The molecule has 20 heavy (non-hydrogen) atoms. The molecule has 0 spiro atoms. The number of hydrogen-bond donors (Lipinski definition) is 3. The van der Waals surface area contributed by atoms with Gasteiger partial charge >= 0.3 is 0 Å². The molecular weight excluding hydrogens is 260 g/mol. The van der Waals surface area contributed by atoms with Crippen LogP contribution in [0.2, 0.25) is 0 Å². The summed E-state index contributed by atoms with van der Waals surface area (Å²) in [5.74, 6) is 0. The molecule has 0 bridgehead atoms. The standard InChI is InChI=1S/C9H8O2.C6H14O3/c1-7-2-8(5-10)4-9(3-7)6-11;1-2-6(3-7,4-8)5-9/h2-6H,1H3;7-9H,2-5H2,1H3. The minimum absolute atomic E-state index is 0.156. The van der Waals surface area contributed by atoms with Crippen LogP contribution in [0.5, 0.6) is 0 Å². The Bertz CT molecular complexity index is 381. The van der Waals surface area contributed by atoms with Gasteiger partial charge in [-0.15, -0.1) is 0 Å². The van der Waals surface area contributed by atoms with E-state index in [1.807, 2.05) is 13.8 Å². The minimum atomic E-state index is -0.667. The molecule has 0 fully saturated rings. The van der Waals surface area contributed by atoms with Crippen LogP contribution in [0.15, 0.2) is 18.2 Å². The third-order valence-corrected chi connectivity index (χ3v) is 3.15. The molecule has 0 aliphatic rings. The zero-order valence-corrected chi connectivity index (χ0v) is 11.9. The Morgan fingerprint density at radius 1 is 0.950 bits per heavy atom. The van der Waals surface area contributed by atoms with Crippen molar-refractivity contribution in [2.45, 2.75) is 20.3 Å². The summed E-state index contributed by atoms with van der Waals surface area (Å²) in [6.45, 7) is 3.20. The summed E-state index contributed by atoms with van der Waals surface area (Å²) in [7, 11) is 0. The average molecular weight is 282 g/mol. The van der Waals surface area contributed by atoms with Crippen LogP contribution in [0.1, 0.15) is 39.6 Å². The number of aryl methyl sites for hydroxylation is 1. The minimum Gasteiger partial charge on any atom is -0.396 e. The Labute approximate surface area is 118 Å². The smallest absolute Gasteiger partial charge is 0.150 e. The topological polar surface area (TPSA) is 94.8 Å². The van der Waals surface area contributed by atoms with Crippen molar-refractivity contribution in [3.8, 4) is 0 Å². The monoisotopic (exact) mass is 282 g/mol. The first kappa shape index (κ1) is 18.4. The van der Waals surface area contributed by atoms with Gasteiger partial charge in [-0.2, -0.15) is 0 Å². The van der Waals surface area contributed by atoms with Crippen LogP contribution in [0.25, 0.3) is 0 Å². The summed E-state index contributed by atoms with van der Waals surface area (Å²) in [5, 5.41) is 26.0. The summed E-state index contributed by atoms with van der Waals surface area (Å²) in [6, 6.07) is 5.03. The molecule has 0 aliphatic heterocycles. The predicted octanol–water partition coefficient (Wildman–Crippen LogP) is 0.980. The largest absolute Gasteiger partial charge is 0.396 e. The summed E-state index contributed by atoms with van der Waals surface area (Å²) < 4.78 is 0. The van der Waals surface area contributed by atoms with Gasteiger partial charge in [0.15, 0.2) is 0 Å². The molecule has 0 amide bonds. The molecule has 1 aromatic rings. The van der Waals surface area contributed by atoms with E-state index in [-0.39, 0.29) is 19.8 Å². The molecular formula is C15H22O5. The van der Waals surface area contributed by atoms with E-state index in [2.05, 4.69) is 0 Å². The SMILES string of the molecule is CCC(CO)(CO)CO.Cc1cc(C=O)cc(C=O)c1. The first-order valence-corrected chi connectivity index (χ1v) is 6.35. The molecule has 0 heterocycles. The average Bonchev–Trinajstić information content (AvgIpc) is 2.50. The lowest BCUT2D eigenvalue weighted by Gasteiger charge is -2.24. The Morgan fingerprint density at radius 3 is 1.55 bits per heavy atom. The molecule has 0 unspecified atom stereocenters. The molecule has 0 saturated carbocycles. The van der Waals surface area contributed by atoms with Crippen LogP contribution in [0, 0.1) is 12.3 Å². The Kier molecular flexibility index (Phi) is 8.63. The van der Waals surface area contributed by atoms with Crippen molar-refractivity contribution >= 4 is 12.6 Å². The van der Waals surface area contributed by atoms with Gasteiger partial charge in [-0.25, -0.2) is 0 Å². The van der Waals surface area contributed by atoms with Gasteiger partial charge < -0.3 is 15.3 Å². The number of aliphatic hydroxyl groups is 3. The summed E-state index contributed by atoms with van der Waals surface area (Å²) in [6.07, 6.45) is 2.07. The fourth-order valence-corrected chi connectivity index (χ4v) is 1.46. The number of aldehydes is 2. The Balaban J connectivity index is 0.000000370. The second-order valence-electron chi connectivity index (χ2n) is 4.74. The van der Waals surface area contributed by atoms with Crippen molar-refractivity contribution in [2.75, 3.05) is 19.8 Å². The second-order valence-corrected chi connectivity index (χ2v) is 4.74. The van der Waals surface area contributed by atoms with Crippen LogP contribution in [-0.4, -0.2) is 47.7 Å². The van der Waals surface area contributed by atoms with Crippen LogP contribution >= 0.6 is 0 Å². The van der Waals surface area contributed by atoms with Crippen LogP contribution in [0.3, 0.4) is 0 Å². The first-order valence-electron chi connectivity index (χ1n) is 6.35. The highest BCUT2D eigenvalue weighted by Crippen LogP contribution is 2.18. The number of benzene rings is 1. The molecule has 0 radical (unpaired) electrons. The summed E-state index contributed by atoms with van der Waals surface area (Å²) in [5.41, 5.74) is 1.36. The molecule has 1 aromatic carbocycles. The van der Waals surface area contributed by atoms with E-state index in [1.165, 1.54) is 0 Å². The van der Waals surface area contributed by atoms with Gasteiger partial charge in [-0.1, -0.05) is 6.92 Å². The maximum Gasteiger partial charge on any atom is 0.150 e. The van der Waals surface area contributed by atoms with Crippen molar-refractivity contribution in [2.24, 2.45) is 5.41 Å². The lowest BCUT2D eigenvalue weighted by atomic mass is 9.88. The molecule has 112 valence electrons. The molecule has 5 heteroatoms. The number of aliphatic hydroxyl groups excluding tert-OH is 3. The maximum absolute atomic E-state index is 10.3. The van der Waals surface area contributed by atoms with Gasteiger partial charge in [0.1, 0.15) is 12.6 Å². The molecule has 1 rings (SSSR count). The Hall–Kier alpha value is -1.56. The van der Waals surface area contributed by atoms with Gasteiger partial charge in [0.25, 0.3) is 0 Å². The molecule has 5 nitrogen and oxygen atoms in total. The molecule has 0 aromatic heterocycles. The second kappa shape index (κ2) is 9.36. The maximum atomic E-state index is 10.3. The molecule has 0 atom stereocenters. The molecule has 3 N–H and O–H groups in total. The molecule has 0 saturated heterocycles. The zero-order valence-electron chi connectivity index (χ0n) is 11.9. The van der Waals surface area contributed by atoms with Crippen molar-refractivity contribution in [1.29, 1.82) is 0 Å². The summed E-state index contributed by atoms with van der Waals surface area (Å²) >= 11 is 0.